The molecule has 1 aliphatic heterocycles. The van der Waals surface area contributed by atoms with Crippen LogP contribution in [-0.2, 0) is 9.53 Å². The van der Waals surface area contributed by atoms with Gasteiger partial charge in [0.1, 0.15) is 11.6 Å². The maximum absolute atomic E-state index is 11.9. The number of carbonyl (C=O) groups excluding carboxylic acids is 1. The van der Waals surface area contributed by atoms with E-state index in [4.69, 9.17) is 4.74 Å². The molecule has 1 saturated heterocycles. The van der Waals surface area contributed by atoms with Crippen LogP contribution < -0.4 is 5.32 Å². The zero-order chi connectivity index (χ0) is 17.9. The molecule has 0 aliphatic carbocycles. The predicted octanol–water partition coefficient (Wildman–Crippen LogP) is 2.72. The molecule has 2 N–H and O–H groups in total. The Labute approximate surface area is 142 Å². The fourth-order valence-corrected chi connectivity index (χ4v) is 2.96. The van der Waals surface area contributed by atoms with Gasteiger partial charge in [-0.25, -0.2) is 4.79 Å². The first-order valence-electron chi connectivity index (χ1n) is 8.18. The van der Waals surface area contributed by atoms with E-state index in [1.807, 2.05) is 56.9 Å². The number of hydrogen-bond donors (Lipinski definition) is 2. The van der Waals surface area contributed by atoms with Crippen LogP contribution in [0.25, 0.3) is 0 Å². The maximum Gasteiger partial charge on any atom is 0.407 e. The first-order valence-corrected chi connectivity index (χ1v) is 8.18. The van der Waals surface area contributed by atoms with Gasteiger partial charge in [0.15, 0.2) is 0 Å². The third kappa shape index (κ3) is 4.96. The third-order valence-corrected chi connectivity index (χ3v) is 3.90. The Balaban J connectivity index is 2.02. The normalized spacial score (nSPS) is 19.8. The van der Waals surface area contributed by atoms with Gasteiger partial charge in [0, 0.05) is 19.1 Å². The Bertz CT molecular complexity index is 609. The molecule has 24 heavy (non-hydrogen) atoms. The van der Waals surface area contributed by atoms with Crippen LogP contribution in [0, 0.1) is 6.92 Å². The minimum atomic E-state index is -0.876. The Morgan fingerprint density at radius 2 is 2.08 bits per heavy atom. The van der Waals surface area contributed by atoms with Crippen molar-refractivity contribution in [2.75, 3.05) is 13.1 Å². The van der Waals surface area contributed by atoms with E-state index in [1.165, 1.54) is 0 Å². The zero-order valence-electron chi connectivity index (χ0n) is 14.7. The molecule has 1 aliphatic rings. The van der Waals surface area contributed by atoms with Crippen molar-refractivity contribution >= 4 is 12.1 Å². The molecular formula is C18H26N2O4. The summed E-state index contributed by atoms with van der Waals surface area (Å²) in [4.78, 5) is 25.5. The lowest BCUT2D eigenvalue weighted by molar-refractivity contribution is -0.143. The average Bonchev–Trinajstić information content (AvgIpc) is 2.84. The van der Waals surface area contributed by atoms with E-state index >= 15 is 0 Å². The van der Waals surface area contributed by atoms with E-state index in [-0.39, 0.29) is 6.04 Å². The van der Waals surface area contributed by atoms with Gasteiger partial charge in [-0.05, 0) is 39.7 Å². The number of nitrogens with one attached hydrogen (secondary N) is 1. The Kier molecular flexibility index (Phi) is 5.49. The number of carbonyl (C=O) groups is 2. The summed E-state index contributed by atoms with van der Waals surface area (Å²) in [6.45, 7) is 8.48. The topological polar surface area (TPSA) is 78.9 Å². The summed E-state index contributed by atoms with van der Waals surface area (Å²) in [7, 11) is 0. The lowest BCUT2D eigenvalue weighted by Crippen LogP contribution is -2.41. The molecular weight excluding hydrogens is 308 g/mol. The lowest BCUT2D eigenvalue weighted by Gasteiger charge is -2.25. The molecule has 2 rings (SSSR count). The monoisotopic (exact) mass is 334 g/mol. The summed E-state index contributed by atoms with van der Waals surface area (Å²) in [5, 5.41) is 12.5. The molecule has 1 amide bonds. The molecule has 132 valence electrons. The standard InChI is InChI=1S/C18H26N2O4/c1-12-6-5-7-13(10-12)15(16(21)22)20-9-8-14(11-20)19-17(23)24-18(2,3)4/h5-7,10,14-15H,8-9,11H2,1-4H3,(H,19,23)(H,21,22)/t14-,15+/m0/s1. The number of amides is 1. The number of benzene rings is 1. The van der Waals surface area contributed by atoms with Gasteiger partial charge in [0.25, 0.3) is 0 Å². The number of hydrogen-bond acceptors (Lipinski definition) is 4. The summed E-state index contributed by atoms with van der Waals surface area (Å²) >= 11 is 0. The van der Waals surface area contributed by atoms with Crippen molar-refractivity contribution in [3.05, 3.63) is 35.4 Å². The molecule has 0 spiro atoms. The van der Waals surface area contributed by atoms with Gasteiger partial charge in [-0.15, -0.1) is 0 Å². The van der Waals surface area contributed by atoms with Crippen molar-refractivity contribution in [1.29, 1.82) is 0 Å². The molecule has 0 saturated carbocycles. The van der Waals surface area contributed by atoms with E-state index in [9.17, 15) is 14.7 Å². The molecule has 6 heteroatoms. The molecule has 2 atom stereocenters. The van der Waals surface area contributed by atoms with Crippen LogP contribution in [-0.4, -0.2) is 46.8 Å². The fourth-order valence-electron chi connectivity index (χ4n) is 2.96. The van der Waals surface area contributed by atoms with Crippen LogP contribution in [0.4, 0.5) is 4.79 Å². The second-order valence-electron chi connectivity index (χ2n) is 7.28. The van der Waals surface area contributed by atoms with Crippen LogP contribution in [0.5, 0.6) is 0 Å². The fraction of sp³-hybridized carbons (Fsp3) is 0.556. The molecule has 6 nitrogen and oxygen atoms in total. The van der Waals surface area contributed by atoms with Gasteiger partial charge < -0.3 is 15.2 Å². The first kappa shape index (κ1) is 18.3. The minimum absolute atomic E-state index is 0.105. The average molecular weight is 334 g/mol. The Morgan fingerprint density at radius 3 is 2.67 bits per heavy atom. The van der Waals surface area contributed by atoms with E-state index in [1.54, 1.807) is 0 Å². The Morgan fingerprint density at radius 1 is 1.38 bits per heavy atom. The predicted molar refractivity (Wildman–Crippen MR) is 90.9 cm³/mol. The van der Waals surface area contributed by atoms with E-state index in [2.05, 4.69) is 5.32 Å². The van der Waals surface area contributed by atoms with Crippen molar-refractivity contribution in [2.45, 2.75) is 51.8 Å². The number of aliphatic carboxylic acids is 1. The molecule has 1 aromatic rings. The van der Waals surface area contributed by atoms with Crippen LogP contribution >= 0.6 is 0 Å². The van der Waals surface area contributed by atoms with Crippen LogP contribution in [0.3, 0.4) is 0 Å². The highest BCUT2D eigenvalue weighted by Gasteiger charge is 2.34. The molecule has 1 fully saturated rings. The van der Waals surface area contributed by atoms with E-state index < -0.39 is 23.7 Å². The van der Waals surface area contributed by atoms with E-state index in [0.717, 1.165) is 11.1 Å². The number of carboxylic acids is 1. The summed E-state index contributed by atoms with van der Waals surface area (Å²) < 4.78 is 5.26. The second kappa shape index (κ2) is 7.21. The number of aryl methyl sites for hydroxylation is 1. The number of alkyl carbamates (subject to hydrolysis) is 1. The molecule has 1 heterocycles. The molecule has 0 radical (unpaired) electrons. The molecule has 1 aromatic carbocycles. The highest BCUT2D eigenvalue weighted by molar-refractivity contribution is 5.75. The van der Waals surface area contributed by atoms with E-state index in [0.29, 0.717) is 19.5 Å². The quantitative estimate of drug-likeness (QED) is 0.885. The largest absolute Gasteiger partial charge is 0.480 e. The Hall–Kier alpha value is -2.08. The number of carboxylic acid groups (broad SMARTS) is 1. The van der Waals surface area contributed by atoms with Crippen LogP contribution in [0.2, 0.25) is 0 Å². The third-order valence-electron chi connectivity index (χ3n) is 3.90. The maximum atomic E-state index is 11.9. The summed E-state index contributed by atoms with van der Waals surface area (Å²) in [6.07, 6.45) is 0.242. The van der Waals surface area contributed by atoms with Gasteiger partial charge in [-0.2, -0.15) is 0 Å². The molecule has 0 bridgehead atoms. The summed E-state index contributed by atoms with van der Waals surface area (Å²) in [6, 6.07) is 6.74. The van der Waals surface area contributed by atoms with Gasteiger partial charge in [-0.1, -0.05) is 29.8 Å². The summed E-state index contributed by atoms with van der Waals surface area (Å²) in [5.41, 5.74) is 1.25. The van der Waals surface area contributed by atoms with Crippen LogP contribution in [0.1, 0.15) is 44.4 Å². The zero-order valence-corrected chi connectivity index (χ0v) is 14.7. The van der Waals surface area contributed by atoms with Crippen molar-refractivity contribution in [3.63, 3.8) is 0 Å². The number of nitrogens with zero attached hydrogens (tertiary/aromatic N) is 1. The number of likely N-dealkylation sites (tertiary alicyclic amines) is 1. The molecule has 0 unspecified atom stereocenters. The van der Waals surface area contributed by atoms with Gasteiger partial charge >= 0.3 is 12.1 Å². The lowest BCUT2D eigenvalue weighted by atomic mass is 10.0. The highest BCUT2D eigenvalue weighted by atomic mass is 16.6. The summed E-state index contributed by atoms with van der Waals surface area (Å²) in [5.74, 6) is -0.876. The highest BCUT2D eigenvalue weighted by Crippen LogP contribution is 2.26. The van der Waals surface area contributed by atoms with Crippen molar-refractivity contribution in [3.8, 4) is 0 Å². The molecule has 0 aromatic heterocycles. The smallest absolute Gasteiger partial charge is 0.407 e. The number of rotatable bonds is 4. The van der Waals surface area contributed by atoms with Gasteiger partial charge in [-0.3, -0.25) is 9.69 Å². The second-order valence-corrected chi connectivity index (χ2v) is 7.28. The number of ether oxygens (including phenoxy) is 1. The first-order chi connectivity index (χ1) is 11.2. The van der Waals surface area contributed by atoms with Crippen molar-refractivity contribution < 1.29 is 19.4 Å². The van der Waals surface area contributed by atoms with Crippen molar-refractivity contribution in [2.24, 2.45) is 0 Å². The minimum Gasteiger partial charge on any atom is -0.480 e. The van der Waals surface area contributed by atoms with Crippen LogP contribution in [0.15, 0.2) is 24.3 Å². The van der Waals surface area contributed by atoms with Crippen molar-refractivity contribution in [1.82, 2.24) is 10.2 Å². The van der Waals surface area contributed by atoms with Gasteiger partial charge in [0.05, 0.1) is 0 Å². The van der Waals surface area contributed by atoms with Gasteiger partial charge in [0.2, 0.25) is 0 Å². The SMILES string of the molecule is Cc1cccc([C@H](C(=O)O)N2CC[C@H](NC(=O)OC(C)(C)C)C2)c1.